The second kappa shape index (κ2) is 8.86. The zero-order valence-electron chi connectivity index (χ0n) is 21.8. The SMILES string of the molecule is Oc1ccc2ccc3c(-c4ccc(N(c5ccccc5)c5ccccc5)c5ccccc45)ccc4ccc1c2c43. The van der Waals surface area contributed by atoms with Gasteiger partial charge in [0.2, 0.25) is 0 Å². The highest BCUT2D eigenvalue weighted by Crippen LogP contribution is 2.45. The van der Waals surface area contributed by atoms with E-state index in [1.807, 2.05) is 12.1 Å². The molecule has 8 aromatic carbocycles. The first kappa shape index (κ1) is 22.6. The fourth-order valence-electron chi connectivity index (χ4n) is 6.31. The van der Waals surface area contributed by atoms with Gasteiger partial charge < -0.3 is 10.0 Å². The highest BCUT2D eigenvalue weighted by Gasteiger charge is 2.19. The molecule has 0 heterocycles. The summed E-state index contributed by atoms with van der Waals surface area (Å²) in [7, 11) is 0. The van der Waals surface area contributed by atoms with Gasteiger partial charge in [0.15, 0.2) is 0 Å². The maximum atomic E-state index is 10.6. The number of benzene rings is 8. The molecule has 0 amide bonds. The lowest BCUT2D eigenvalue weighted by atomic mass is 9.88. The molecule has 2 heteroatoms. The van der Waals surface area contributed by atoms with Crippen LogP contribution >= 0.6 is 0 Å². The fourth-order valence-corrected chi connectivity index (χ4v) is 6.31. The highest BCUT2D eigenvalue weighted by atomic mass is 16.3. The summed E-state index contributed by atoms with van der Waals surface area (Å²) in [5, 5.41) is 19.8. The Kier molecular flexibility index (Phi) is 5.01. The van der Waals surface area contributed by atoms with Crippen molar-refractivity contribution in [3.05, 3.63) is 146 Å². The number of nitrogens with zero attached hydrogens (tertiary/aromatic N) is 1. The van der Waals surface area contributed by atoms with Gasteiger partial charge in [0.05, 0.1) is 5.69 Å². The van der Waals surface area contributed by atoms with E-state index in [-0.39, 0.29) is 0 Å². The lowest BCUT2D eigenvalue weighted by Crippen LogP contribution is -2.10. The summed E-state index contributed by atoms with van der Waals surface area (Å²) in [6.07, 6.45) is 0. The number of para-hydroxylation sites is 2. The van der Waals surface area contributed by atoms with Gasteiger partial charge in [-0.1, -0.05) is 109 Å². The third-order valence-electron chi connectivity index (χ3n) is 8.10. The van der Waals surface area contributed by atoms with Crippen molar-refractivity contribution >= 4 is 60.2 Å². The Morgan fingerprint density at radius 2 is 0.875 bits per heavy atom. The monoisotopic (exact) mass is 511 g/mol. The number of phenols is 1. The quantitative estimate of drug-likeness (QED) is 0.238. The molecule has 0 aliphatic rings. The molecular weight excluding hydrogens is 486 g/mol. The van der Waals surface area contributed by atoms with Gasteiger partial charge in [0, 0.05) is 27.5 Å². The van der Waals surface area contributed by atoms with E-state index < -0.39 is 0 Å². The van der Waals surface area contributed by atoms with Gasteiger partial charge in [-0.25, -0.2) is 0 Å². The second-order valence-corrected chi connectivity index (χ2v) is 10.3. The molecule has 0 spiro atoms. The normalized spacial score (nSPS) is 11.6. The van der Waals surface area contributed by atoms with E-state index in [4.69, 9.17) is 0 Å². The van der Waals surface area contributed by atoms with E-state index in [1.54, 1.807) is 6.07 Å². The summed E-state index contributed by atoms with van der Waals surface area (Å²) < 4.78 is 0. The van der Waals surface area contributed by atoms with E-state index in [9.17, 15) is 5.11 Å². The minimum absolute atomic E-state index is 0.323. The first-order valence-electron chi connectivity index (χ1n) is 13.6. The van der Waals surface area contributed by atoms with Crippen LogP contribution in [0.25, 0.3) is 54.2 Å². The van der Waals surface area contributed by atoms with Crippen LogP contribution in [0.15, 0.2) is 146 Å². The number of phenolic OH excluding ortho intramolecular Hbond substituents is 1. The van der Waals surface area contributed by atoms with Crippen LogP contribution in [-0.2, 0) is 0 Å². The van der Waals surface area contributed by atoms with Gasteiger partial charge in [-0.3, -0.25) is 0 Å². The molecule has 0 radical (unpaired) electrons. The van der Waals surface area contributed by atoms with Gasteiger partial charge in [-0.15, -0.1) is 0 Å². The summed E-state index contributed by atoms with van der Waals surface area (Å²) in [5.41, 5.74) is 5.77. The summed E-state index contributed by atoms with van der Waals surface area (Å²) in [6, 6.07) is 51.1. The molecular formula is C38H25NO. The maximum absolute atomic E-state index is 10.6. The third kappa shape index (κ3) is 3.36. The fraction of sp³-hybridized carbons (Fsp3) is 0. The number of hydrogen-bond acceptors (Lipinski definition) is 2. The molecule has 8 rings (SSSR count). The van der Waals surface area contributed by atoms with Crippen LogP contribution in [0.2, 0.25) is 0 Å². The first-order valence-corrected chi connectivity index (χ1v) is 13.6. The number of anilines is 3. The standard InChI is InChI=1S/C38H25NO/c40-36-24-18-26-16-20-33-31(19-15-25-17-21-34(36)38(26)37(25)33)30-22-23-35(32-14-8-7-13-29(30)32)39(27-9-3-1-4-10-27)28-11-5-2-6-12-28/h1-24,40H. The molecule has 2 nitrogen and oxygen atoms in total. The number of rotatable bonds is 4. The van der Waals surface area contributed by atoms with Gasteiger partial charge in [-0.2, -0.15) is 0 Å². The van der Waals surface area contributed by atoms with Crippen LogP contribution in [0.5, 0.6) is 5.75 Å². The van der Waals surface area contributed by atoms with Crippen molar-refractivity contribution in [3.8, 4) is 16.9 Å². The smallest absolute Gasteiger partial charge is 0.123 e. The molecule has 188 valence electrons. The predicted molar refractivity (Wildman–Crippen MR) is 169 cm³/mol. The van der Waals surface area contributed by atoms with Gasteiger partial charge in [0.25, 0.3) is 0 Å². The van der Waals surface area contributed by atoms with Crippen molar-refractivity contribution in [1.29, 1.82) is 0 Å². The van der Waals surface area contributed by atoms with Crippen LogP contribution in [0.1, 0.15) is 0 Å². The topological polar surface area (TPSA) is 23.5 Å². The molecule has 0 aromatic heterocycles. The zero-order valence-corrected chi connectivity index (χ0v) is 21.8. The summed E-state index contributed by atoms with van der Waals surface area (Å²) in [6.45, 7) is 0. The van der Waals surface area contributed by atoms with Crippen molar-refractivity contribution in [2.24, 2.45) is 0 Å². The average Bonchev–Trinajstić information content (AvgIpc) is 3.02. The lowest BCUT2D eigenvalue weighted by molar-refractivity contribution is 0.482. The van der Waals surface area contributed by atoms with E-state index >= 15 is 0 Å². The molecule has 0 fully saturated rings. The Hall–Kier alpha value is -5.34. The Bertz CT molecular complexity index is 2130. The summed E-state index contributed by atoms with van der Waals surface area (Å²) >= 11 is 0. The third-order valence-corrected chi connectivity index (χ3v) is 8.10. The largest absolute Gasteiger partial charge is 0.507 e. The molecule has 0 bridgehead atoms. The van der Waals surface area contributed by atoms with Crippen LogP contribution < -0.4 is 4.90 Å². The van der Waals surface area contributed by atoms with Crippen molar-refractivity contribution < 1.29 is 5.11 Å². The van der Waals surface area contributed by atoms with Crippen LogP contribution in [0, 0.1) is 0 Å². The van der Waals surface area contributed by atoms with E-state index in [0.717, 1.165) is 33.2 Å². The van der Waals surface area contributed by atoms with Gasteiger partial charge in [0.1, 0.15) is 5.75 Å². The zero-order chi connectivity index (χ0) is 26.6. The van der Waals surface area contributed by atoms with Crippen LogP contribution in [0.4, 0.5) is 17.1 Å². The molecule has 40 heavy (non-hydrogen) atoms. The molecule has 0 saturated heterocycles. The Morgan fingerprint density at radius 1 is 0.375 bits per heavy atom. The van der Waals surface area contributed by atoms with Gasteiger partial charge >= 0.3 is 0 Å². The van der Waals surface area contributed by atoms with Crippen LogP contribution in [-0.4, -0.2) is 5.11 Å². The van der Waals surface area contributed by atoms with Crippen molar-refractivity contribution in [2.45, 2.75) is 0 Å². The predicted octanol–water partition coefficient (Wildman–Crippen LogP) is 10.6. The Morgan fingerprint density at radius 3 is 1.57 bits per heavy atom. The van der Waals surface area contributed by atoms with Crippen molar-refractivity contribution in [2.75, 3.05) is 4.90 Å². The number of aromatic hydroxyl groups is 1. The number of fused-ring (bicyclic) bond motifs is 1. The van der Waals surface area contributed by atoms with Crippen molar-refractivity contribution in [3.63, 3.8) is 0 Å². The minimum atomic E-state index is 0.323. The molecule has 0 atom stereocenters. The first-order chi connectivity index (χ1) is 19.8. The number of hydrogen-bond donors (Lipinski definition) is 1. The summed E-state index contributed by atoms with van der Waals surface area (Å²) in [4.78, 5) is 2.33. The molecule has 0 unspecified atom stereocenters. The molecule has 1 N–H and O–H groups in total. The van der Waals surface area contributed by atoms with E-state index in [1.165, 1.54) is 38.1 Å². The van der Waals surface area contributed by atoms with E-state index in [2.05, 4.69) is 132 Å². The maximum Gasteiger partial charge on any atom is 0.123 e. The Labute approximate surface area is 232 Å². The van der Waals surface area contributed by atoms with Gasteiger partial charge in [-0.05, 0) is 74.5 Å². The molecule has 0 saturated carbocycles. The van der Waals surface area contributed by atoms with E-state index in [0.29, 0.717) is 5.75 Å². The molecule has 0 aliphatic carbocycles. The second-order valence-electron chi connectivity index (χ2n) is 10.3. The highest BCUT2D eigenvalue weighted by molar-refractivity contribution is 6.27. The minimum Gasteiger partial charge on any atom is -0.507 e. The van der Waals surface area contributed by atoms with Crippen molar-refractivity contribution in [1.82, 2.24) is 0 Å². The molecule has 0 aliphatic heterocycles. The average molecular weight is 512 g/mol. The molecule has 8 aromatic rings. The lowest BCUT2D eigenvalue weighted by Gasteiger charge is -2.27. The van der Waals surface area contributed by atoms with Crippen LogP contribution in [0.3, 0.4) is 0 Å². The Balaban J connectivity index is 1.41. The summed E-state index contributed by atoms with van der Waals surface area (Å²) in [5.74, 6) is 0.323.